The molecular weight excluding hydrogens is 1630 g/mol. The van der Waals surface area contributed by atoms with E-state index in [0.29, 0.717) is 119 Å². The van der Waals surface area contributed by atoms with E-state index in [4.69, 9.17) is 69.9 Å². The molecule has 6 heterocycles. The highest BCUT2D eigenvalue weighted by atomic mass is 35.5. The van der Waals surface area contributed by atoms with Gasteiger partial charge in [0.1, 0.15) is 59.6 Å². The lowest BCUT2D eigenvalue weighted by Crippen LogP contribution is -2.52. The minimum Gasteiger partial charge on any atom is -0.493 e. The van der Waals surface area contributed by atoms with Gasteiger partial charge in [-0.2, -0.15) is 0 Å². The Morgan fingerprint density at radius 2 is 0.772 bits per heavy atom. The Morgan fingerprint density at radius 3 is 1.09 bits per heavy atom. The Morgan fingerprint density at radius 1 is 0.463 bits per heavy atom. The fourth-order valence-electron chi connectivity index (χ4n) is 14.5. The molecule has 0 amide bonds. The first-order valence-electron chi connectivity index (χ1n) is 42.1. The summed E-state index contributed by atoms with van der Waals surface area (Å²) in [7, 11) is 1.81. The molecule has 8 aromatic rings. The predicted molar refractivity (Wildman–Crippen MR) is 470 cm³/mol. The second-order valence-corrected chi connectivity index (χ2v) is 40.9. The maximum atomic E-state index is 13.9. The number of ketones is 3. The van der Waals surface area contributed by atoms with Gasteiger partial charge in [0.05, 0.1) is 105 Å². The van der Waals surface area contributed by atoms with Gasteiger partial charge in [-0.1, -0.05) is 53.1 Å². The van der Waals surface area contributed by atoms with Crippen molar-refractivity contribution in [2.24, 2.45) is 23.5 Å². The quantitative estimate of drug-likeness (QED) is 0.0164. The average molecular weight is 1750 g/mol. The van der Waals surface area contributed by atoms with Crippen molar-refractivity contribution >= 4 is 50.9 Å². The number of fused-ring (bicyclic) bond motifs is 3. The molecule has 3 saturated carbocycles. The van der Waals surface area contributed by atoms with Crippen LogP contribution in [0.25, 0.3) is 22.5 Å². The number of ether oxygens (including phenoxy) is 9. The minimum absolute atomic E-state index is 0.00950. The number of carbonyl (C=O) groups is 3. The van der Waals surface area contributed by atoms with Crippen LogP contribution in [0.4, 0.5) is 8.78 Å². The topological polar surface area (TPSA) is 318 Å². The zero-order valence-corrected chi connectivity index (χ0v) is 75.9. The lowest BCUT2D eigenvalue weighted by molar-refractivity contribution is 0.0394. The number of rotatable bonds is 33. The standard InChI is InChI=1S/C35H43FN2O6S.C31H35FN2O5.C29H39ClN2O6S/c1-21(2)35(38-45(41)33(3,4)5)20-43-32-26(35)19-30(37-31(32)22-8-11-24(36)12-9-22)34(6,40)17-16-27(39)23-10-15-28(29(18-23)42-7)44-25-13-14-25;1-18(2)31(33)17-38-29-23(31)16-27(34-28(29)19-5-8-21(32)9-6-19)30(3,36)14-13-24(35)20-7-12-25(26(15-20)37-4)39-22-10-11-22;1-17(2)29(32-39(35)27(3,4)5)16-37-25-20(29)15-24(31-26(25)30)28(6,34)13-12-21(33)18-8-11-22(23(14-18)36-7)38-19-9-10-19/h8-12,15,18-19,21,25,38,40H,13-14,16-17,20H2,1-7H3;5-9,12,15-16,18,22,36H,10-11,13-14,17,33H2,1-4H3;8,11,14-15,17,19,32,34H,9-10,12-13,16H2,1-7H3. The Hall–Kier alpha value is -9.03. The number of aromatic nitrogens is 3. The molecule has 3 aliphatic heterocycles. The summed E-state index contributed by atoms with van der Waals surface area (Å²) in [5.74, 6) is 3.60. The number of halogens is 3. The van der Waals surface area contributed by atoms with E-state index in [-0.39, 0.29) is 129 Å². The smallest absolute Gasteiger partial charge is 0.171 e. The van der Waals surface area contributed by atoms with Crippen molar-refractivity contribution in [3.63, 3.8) is 0 Å². The zero-order valence-electron chi connectivity index (χ0n) is 73.5. The van der Waals surface area contributed by atoms with Crippen molar-refractivity contribution < 1.29 is 89.5 Å². The second kappa shape index (κ2) is 36.9. The van der Waals surface area contributed by atoms with Gasteiger partial charge in [-0.05, 0) is 259 Å². The number of nitrogens with two attached hydrogens (primary N) is 1. The summed E-state index contributed by atoms with van der Waals surface area (Å²) in [6, 6.07) is 32.7. The first kappa shape index (κ1) is 93.1. The van der Waals surface area contributed by atoms with E-state index in [0.717, 1.165) is 44.1 Å². The first-order chi connectivity index (χ1) is 57.8. The van der Waals surface area contributed by atoms with Gasteiger partial charge in [-0.15, -0.1) is 0 Å². The maximum Gasteiger partial charge on any atom is 0.171 e. The molecule has 123 heavy (non-hydrogen) atoms. The van der Waals surface area contributed by atoms with Gasteiger partial charge in [0.15, 0.2) is 74.2 Å². The fraction of sp³-hybridized carbons (Fsp3) is 0.495. The molecule has 0 radical (unpaired) electrons. The summed E-state index contributed by atoms with van der Waals surface area (Å²) < 4.78 is 112. The molecule has 14 rings (SSSR count). The zero-order chi connectivity index (χ0) is 89.4. The molecule has 0 spiro atoms. The van der Waals surface area contributed by atoms with Crippen LogP contribution in [0.2, 0.25) is 5.15 Å². The molecule has 662 valence electrons. The van der Waals surface area contributed by atoms with Crippen LogP contribution in [0.5, 0.6) is 51.7 Å². The van der Waals surface area contributed by atoms with Gasteiger partial charge in [0, 0.05) is 63.8 Å². The molecule has 28 heteroatoms. The molecule has 3 aliphatic carbocycles. The third kappa shape index (κ3) is 21.1. The summed E-state index contributed by atoms with van der Waals surface area (Å²) in [5.41, 5.74) is 6.73. The number of benzene rings is 5. The van der Waals surface area contributed by atoms with Crippen molar-refractivity contribution in [2.45, 2.75) is 242 Å². The molecule has 0 saturated heterocycles. The maximum absolute atomic E-state index is 13.9. The minimum atomic E-state index is -1.52. The van der Waals surface area contributed by atoms with E-state index < -0.39 is 64.9 Å². The highest BCUT2D eigenvalue weighted by Gasteiger charge is 2.51. The largest absolute Gasteiger partial charge is 0.493 e. The Labute approximate surface area is 730 Å². The molecule has 8 atom stereocenters. The van der Waals surface area contributed by atoms with E-state index in [9.17, 15) is 46.9 Å². The van der Waals surface area contributed by atoms with E-state index in [2.05, 4.69) is 14.4 Å². The van der Waals surface area contributed by atoms with E-state index in [1.807, 2.05) is 83.1 Å². The molecule has 0 bridgehead atoms. The number of pyridine rings is 3. The number of Topliss-reactive ketones (excluding diaryl/α,β-unsaturated/α-hetero) is 3. The molecule has 7 N–H and O–H groups in total. The van der Waals surface area contributed by atoms with E-state index in [1.165, 1.54) is 24.3 Å². The highest BCUT2D eigenvalue weighted by Crippen LogP contribution is 2.52. The van der Waals surface area contributed by atoms with Gasteiger partial charge < -0.3 is 63.7 Å². The van der Waals surface area contributed by atoms with Crippen molar-refractivity contribution in [1.82, 2.24) is 24.4 Å². The van der Waals surface area contributed by atoms with Crippen LogP contribution >= 0.6 is 11.6 Å². The molecule has 5 aromatic carbocycles. The van der Waals surface area contributed by atoms with Crippen LogP contribution < -0.4 is 57.8 Å². The normalized spacial score (nSPS) is 20.3. The van der Waals surface area contributed by atoms with Gasteiger partial charge >= 0.3 is 0 Å². The molecule has 3 aromatic heterocycles. The number of carbonyl (C=O) groups excluding carboxylic acids is 3. The van der Waals surface area contributed by atoms with Crippen LogP contribution in [0.15, 0.2) is 121 Å². The van der Waals surface area contributed by atoms with E-state index >= 15 is 0 Å². The predicted octanol–water partition coefficient (Wildman–Crippen LogP) is 17.6. The first-order valence-corrected chi connectivity index (χ1v) is 44.7. The number of nitrogens with one attached hydrogen (secondary N) is 2. The summed E-state index contributed by atoms with van der Waals surface area (Å²) in [4.78, 5) is 53.6. The average Bonchev–Trinajstić information content (AvgIpc) is 1.64. The van der Waals surface area contributed by atoms with Crippen LogP contribution in [-0.2, 0) is 55.4 Å². The monoisotopic (exact) mass is 1750 g/mol. The van der Waals surface area contributed by atoms with Gasteiger partial charge in [-0.25, -0.2) is 41.6 Å². The Bertz CT molecular complexity index is 5280. The number of hydrogen-bond donors (Lipinski definition) is 6. The molecule has 6 aliphatic rings. The Balaban J connectivity index is 0.000000169. The third-order valence-electron chi connectivity index (χ3n) is 23.7. The Kier molecular flexibility index (Phi) is 27.9. The van der Waals surface area contributed by atoms with Crippen molar-refractivity contribution in [3.8, 4) is 74.3 Å². The van der Waals surface area contributed by atoms with E-state index in [1.54, 1.807) is 139 Å². The number of methoxy groups -OCH3 is 3. The lowest BCUT2D eigenvalue weighted by atomic mass is 9.80. The second-order valence-electron chi connectivity index (χ2n) is 36.6. The third-order valence-corrected chi connectivity index (χ3v) is 27.2. The van der Waals surface area contributed by atoms with Crippen LogP contribution in [-0.4, -0.2) is 125 Å². The van der Waals surface area contributed by atoms with Gasteiger partial charge in [0.2, 0.25) is 0 Å². The summed E-state index contributed by atoms with van der Waals surface area (Å²) in [6.07, 6.45) is 7.25. The van der Waals surface area contributed by atoms with Gasteiger partial charge in [0.25, 0.3) is 0 Å². The molecule has 8 unspecified atom stereocenters. The lowest BCUT2D eigenvalue weighted by Gasteiger charge is -2.36. The number of aliphatic hydroxyl groups is 3. The van der Waals surface area contributed by atoms with Crippen molar-refractivity contribution in [3.05, 3.63) is 189 Å². The fourth-order valence-corrected chi connectivity index (χ4v) is 16.8. The number of hydrogen-bond acceptors (Lipinski definition) is 21. The molecule has 3 fully saturated rings. The van der Waals surface area contributed by atoms with Crippen LogP contribution in [0.1, 0.15) is 246 Å². The summed E-state index contributed by atoms with van der Waals surface area (Å²) in [6.45, 7) is 29.1. The SMILES string of the molecule is COc1cc(C(=O)CCC(C)(O)c2cc3c(c(-c4ccc(F)cc4)n2)OCC3(N)C(C)C)ccc1OC1CC1.COc1cc(C(=O)CCC(C)(O)c2cc3c(c(-c4ccc(F)cc4)n2)OCC3(NS(=O)C(C)(C)C)C(C)C)ccc1OC1CC1.COc1cc(C(=O)CCC(C)(O)c2cc3c(c(Cl)n2)OCC3(NS(=O)C(C)(C)C)C(C)C)ccc1OC1CC1. The highest BCUT2D eigenvalue weighted by molar-refractivity contribution is 7.84. The van der Waals surface area contributed by atoms with Crippen molar-refractivity contribution in [2.75, 3.05) is 41.2 Å². The van der Waals surface area contributed by atoms with Crippen LogP contribution in [0, 0.1) is 29.4 Å². The molecular formula is C95H117ClF2N6O17S2. The summed E-state index contributed by atoms with van der Waals surface area (Å²) in [5, 5.41) is 35.0. The molecule has 23 nitrogen and oxygen atoms in total. The summed E-state index contributed by atoms with van der Waals surface area (Å²) >= 11 is 6.54. The van der Waals surface area contributed by atoms with Crippen LogP contribution in [0.3, 0.4) is 0 Å². The van der Waals surface area contributed by atoms with Gasteiger partial charge in [-0.3, -0.25) is 14.4 Å². The number of nitrogens with zero attached hydrogens (tertiary/aromatic N) is 3. The van der Waals surface area contributed by atoms with Crippen molar-refractivity contribution in [1.29, 1.82) is 0 Å².